The zero-order valence-electron chi connectivity index (χ0n) is 16.6. The van der Waals surface area contributed by atoms with Gasteiger partial charge in [-0.3, -0.25) is 0 Å². The molecule has 1 aromatic heterocycles. The van der Waals surface area contributed by atoms with E-state index in [2.05, 4.69) is 10.2 Å². The number of aromatic nitrogens is 1. The molecule has 8 heteroatoms. The van der Waals surface area contributed by atoms with Gasteiger partial charge in [0.25, 0.3) is 10.0 Å². The van der Waals surface area contributed by atoms with Crippen molar-refractivity contribution in [1.82, 2.24) is 3.97 Å². The second-order valence-corrected chi connectivity index (χ2v) is 9.47. The van der Waals surface area contributed by atoms with E-state index < -0.39 is 10.0 Å². The maximum absolute atomic E-state index is 13.6. The van der Waals surface area contributed by atoms with Crippen LogP contribution in [-0.2, 0) is 10.0 Å². The van der Waals surface area contributed by atoms with Gasteiger partial charge in [-0.15, -0.1) is 5.10 Å². The van der Waals surface area contributed by atoms with Crippen LogP contribution in [0, 0.1) is 5.92 Å². The molecular weight excluding hydrogens is 410 g/mol. The molecular formula is C23H21N5O2S. The summed E-state index contributed by atoms with van der Waals surface area (Å²) in [5.74, 6) is 0.0800. The maximum Gasteiger partial charge on any atom is 0.268 e. The van der Waals surface area contributed by atoms with E-state index in [1.54, 1.807) is 24.4 Å². The Balaban J connectivity index is 1.71. The zero-order chi connectivity index (χ0) is 21.6. The fraction of sp³-hybridized carbons (Fsp3) is 0.130. The first-order valence-electron chi connectivity index (χ1n) is 9.96. The summed E-state index contributed by atoms with van der Waals surface area (Å²) in [5, 5.41) is 10.7. The topological polar surface area (TPSA) is 116 Å². The van der Waals surface area contributed by atoms with E-state index in [0.717, 1.165) is 34.6 Å². The Morgan fingerprint density at radius 1 is 0.903 bits per heavy atom. The number of rotatable bonds is 5. The molecule has 1 heterocycles. The van der Waals surface area contributed by atoms with Crippen LogP contribution in [-0.4, -0.2) is 24.1 Å². The van der Waals surface area contributed by atoms with Gasteiger partial charge in [0.2, 0.25) is 5.96 Å². The van der Waals surface area contributed by atoms with Gasteiger partial charge in [0.1, 0.15) is 0 Å². The minimum absolute atomic E-state index is 0.134. The van der Waals surface area contributed by atoms with Crippen LogP contribution in [0.1, 0.15) is 18.4 Å². The highest BCUT2D eigenvalue weighted by molar-refractivity contribution is 7.90. The minimum atomic E-state index is -3.83. The molecule has 4 N–H and O–H groups in total. The molecule has 3 aromatic carbocycles. The Kier molecular flexibility index (Phi) is 4.51. The van der Waals surface area contributed by atoms with Crippen LogP contribution in [0.5, 0.6) is 0 Å². The molecule has 1 aliphatic rings. The number of hydrogen-bond acceptors (Lipinski definition) is 4. The largest absolute Gasteiger partial charge is 0.369 e. The van der Waals surface area contributed by atoms with Crippen LogP contribution in [0.15, 0.2) is 88.0 Å². The monoisotopic (exact) mass is 431 g/mol. The molecule has 5 rings (SSSR count). The van der Waals surface area contributed by atoms with Gasteiger partial charge in [0.05, 0.1) is 16.1 Å². The summed E-state index contributed by atoms with van der Waals surface area (Å²) in [6, 6.07) is 20.2. The Hall–Kier alpha value is -3.65. The number of benzene rings is 3. The zero-order valence-corrected chi connectivity index (χ0v) is 17.5. The highest BCUT2D eigenvalue weighted by Gasteiger charge is 2.32. The molecule has 1 fully saturated rings. The van der Waals surface area contributed by atoms with Crippen molar-refractivity contribution in [2.45, 2.75) is 17.7 Å². The van der Waals surface area contributed by atoms with Crippen LogP contribution in [0.2, 0.25) is 0 Å². The molecule has 0 spiro atoms. The van der Waals surface area contributed by atoms with Crippen molar-refractivity contribution < 1.29 is 8.42 Å². The van der Waals surface area contributed by atoms with Crippen molar-refractivity contribution in [3.63, 3.8) is 0 Å². The third-order valence-electron chi connectivity index (χ3n) is 5.47. The van der Waals surface area contributed by atoms with E-state index in [9.17, 15) is 8.42 Å². The van der Waals surface area contributed by atoms with Crippen molar-refractivity contribution in [3.05, 3.63) is 78.5 Å². The first-order valence-corrected chi connectivity index (χ1v) is 11.4. The average Bonchev–Trinajstić information content (AvgIpc) is 3.53. The third kappa shape index (κ3) is 3.44. The van der Waals surface area contributed by atoms with E-state index in [-0.39, 0.29) is 16.8 Å². The smallest absolute Gasteiger partial charge is 0.268 e. The number of hydrogen-bond donors (Lipinski definition) is 2. The van der Waals surface area contributed by atoms with Gasteiger partial charge in [-0.1, -0.05) is 48.5 Å². The highest BCUT2D eigenvalue weighted by Crippen LogP contribution is 2.37. The van der Waals surface area contributed by atoms with Crippen LogP contribution in [0.25, 0.3) is 21.7 Å². The average molecular weight is 432 g/mol. The van der Waals surface area contributed by atoms with Gasteiger partial charge in [-0.2, -0.15) is 5.10 Å². The van der Waals surface area contributed by atoms with Crippen LogP contribution in [0.3, 0.4) is 0 Å². The van der Waals surface area contributed by atoms with Crippen LogP contribution >= 0.6 is 0 Å². The van der Waals surface area contributed by atoms with Crippen molar-refractivity contribution in [1.29, 1.82) is 0 Å². The van der Waals surface area contributed by atoms with Crippen molar-refractivity contribution in [2.75, 3.05) is 0 Å². The molecule has 0 radical (unpaired) electrons. The predicted octanol–water partition coefficient (Wildman–Crippen LogP) is 3.42. The quantitative estimate of drug-likeness (QED) is 0.286. The Bertz CT molecular complexity index is 1480. The summed E-state index contributed by atoms with van der Waals surface area (Å²) >= 11 is 0. The first kappa shape index (κ1) is 19.3. The molecule has 0 saturated heterocycles. The number of para-hydroxylation sites is 1. The summed E-state index contributed by atoms with van der Waals surface area (Å²) in [6.45, 7) is 0. The molecule has 31 heavy (non-hydrogen) atoms. The van der Waals surface area contributed by atoms with Gasteiger partial charge in [0.15, 0.2) is 0 Å². The second kappa shape index (κ2) is 7.24. The van der Waals surface area contributed by atoms with Crippen LogP contribution < -0.4 is 11.5 Å². The van der Waals surface area contributed by atoms with Gasteiger partial charge < -0.3 is 11.5 Å². The summed E-state index contributed by atoms with van der Waals surface area (Å²) < 4.78 is 28.6. The van der Waals surface area contributed by atoms with E-state index in [1.165, 1.54) is 3.97 Å². The highest BCUT2D eigenvalue weighted by atomic mass is 32.2. The molecule has 0 unspecified atom stereocenters. The maximum atomic E-state index is 13.6. The minimum Gasteiger partial charge on any atom is -0.369 e. The lowest BCUT2D eigenvalue weighted by atomic mass is 10.1. The summed E-state index contributed by atoms with van der Waals surface area (Å²) in [4.78, 5) is 0.229. The van der Waals surface area contributed by atoms with Gasteiger partial charge in [-0.25, -0.2) is 12.4 Å². The van der Waals surface area contributed by atoms with E-state index >= 15 is 0 Å². The molecule has 156 valence electrons. The lowest BCUT2D eigenvalue weighted by molar-refractivity contribution is 0.589. The number of fused-ring (bicyclic) bond motifs is 2. The fourth-order valence-corrected chi connectivity index (χ4v) is 5.22. The van der Waals surface area contributed by atoms with E-state index in [0.29, 0.717) is 11.2 Å². The Morgan fingerprint density at radius 3 is 2.35 bits per heavy atom. The standard InChI is InChI=1S/C23H21N5O2S/c24-23(25)27-26-22(16-9-10-16)20-14-28(21-8-4-3-7-19(20)21)31(29,30)18-12-11-15-5-1-2-6-17(15)13-18/h1-8,11-14,16H,9-10H2,(H4,24,25,27). The molecule has 1 aliphatic carbocycles. The lowest BCUT2D eigenvalue weighted by Gasteiger charge is -2.08. The molecule has 0 atom stereocenters. The van der Waals surface area contributed by atoms with Crippen molar-refractivity contribution in [3.8, 4) is 0 Å². The summed E-state index contributed by atoms with van der Waals surface area (Å²) in [6.07, 6.45) is 3.57. The van der Waals surface area contributed by atoms with Gasteiger partial charge in [-0.05, 0) is 41.8 Å². The molecule has 0 amide bonds. The SMILES string of the molecule is NC(N)=NN=C(c1cn(S(=O)(=O)c2ccc3ccccc3c2)c2ccccc12)C1CC1. The lowest BCUT2D eigenvalue weighted by Crippen LogP contribution is -2.22. The molecule has 7 nitrogen and oxygen atoms in total. The first-order chi connectivity index (χ1) is 14.9. The molecule has 4 aromatic rings. The van der Waals surface area contributed by atoms with Gasteiger partial charge in [0, 0.05) is 23.1 Å². The van der Waals surface area contributed by atoms with Crippen molar-refractivity contribution in [2.24, 2.45) is 27.6 Å². The van der Waals surface area contributed by atoms with E-state index in [4.69, 9.17) is 11.5 Å². The predicted molar refractivity (Wildman–Crippen MR) is 124 cm³/mol. The van der Waals surface area contributed by atoms with Gasteiger partial charge >= 0.3 is 0 Å². The Morgan fingerprint density at radius 2 is 1.61 bits per heavy atom. The number of guanidine groups is 1. The Labute approximate surface area is 179 Å². The molecule has 0 aliphatic heterocycles. The number of nitrogens with zero attached hydrogens (tertiary/aromatic N) is 3. The third-order valence-corrected chi connectivity index (χ3v) is 7.14. The second-order valence-electron chi connectivity index (χ2n) is 7.65. The summed E-state index contributed by atoms with van der Waals surface area (Å²) in [7, 11) is -3.83. The normalized spacial score (nSPS) is 14.8. The van der Waals surface area contributed by atoms with Crippen LogP contribution in [0.4, 0.5) is 0 Å². The molecule has 0 bridgehead atoms. The number of nitrogens with two attached hydrogens (primary N) is 2. The fourth-order valence-electron chi connectivity index (χ4n) is 3.82. The molecule has 1 saturated carbocycles. The van der Waals surface area contributed by atoms with Crippen molar-refractivity contribution >= 4 is 43.4 Å². The van der Waals surface area contributed by atoms with E-state index in [1.807, 2.05) is 48.5 Å². The summed E-state index contributed by atoms with van der Waals surface area (Å²) in [5.41, 5.74) is 13.0.